The Morgan fingerprint density at radius 3 is 1.95 bits per heavy atom. The molecule has 20 heavy (non-hydrogen) atoms. The molecule has 1 aromatic carbocycles. The second-order valence-corrected chi connectivity index (χ2v) is 4.53. The van der Waals surface area contributed by atoms with E-state index in [2.05, 4.69) is 0 Å². The Kier molecular flexibility index (Phi) is 3.27. The van der Waals surface area contributed by atoms with Gasteiger partial charge < -0.3 is 20.9 Å². The summed E-state index contributed by atoms with van der Waals surface area (Å²) in [6, 6.07) is -2.65. The Bertz CT molecular complexity index is 649. The van der Waals surface area contributed by atoms with Crippen LogP contribution in [0.1, 0.15) is 26.3 Å². The number of benzene rings is 1. The highest BCUT2D eigenvalue weighted by Gasteiger charge is 2.38. The van der Waals surface area contributed by atoms with E-state index >= 15 is 0 Å². The van der Waals surface area contributed by atoms with Crippen LogP contribution in [0.5, 0.6) is 0 Å². The number of hydrogen-bond acceptors (Lipinski definition) is 4. The summed E-state index contributed by atoms with van der Waals surface area (Å²) >= 11 is 0. The first-order chi connectivity index (χ1) is 11.5. The largest absolute Gasteiger partial charge is 0.449 e. The molecule has 1 aromatic rings. The average molecular weight is 285 g/mol. The molecule has 110 valence electrons. The van der Waals surface area contributed by atoms with Crippen LogP contribution < -0.4 is 11.5 Å². The van der Waals surface area contributed by atoms with Crippen molar-refractivity contribution in [1.29, 1.82) is 0 Å². The average Bonchev–Trinajstić information content (AvgIpc) is 2.52. The van der Waals surface area contributed by atoms with E-state index in [4.69, 9.17) is 27.8 Å². The molecule has 0 bridgehead atoms. The van der Waals surface area contributed by atoms with Crippen LogP contribution >= 0.6 is 0 Å². The maximum Gasteiger partial charge on any atom is 0.404 e. The highest BCUT2D eigenvalue weighted by Crippen LogP contribution is 2.33. The van der Waals surface area contributed by atoms with E-state index in [1.165, 1.54) is 0 Å². The van der Waals surface area contributed by atoms with Crippen molar-refractivity contribution < 1.29 is 25.9 Å². The molecule has 2 amide bonds. The molecule has 0 unspecified atom stereocenters. The minimum absolute atomic E-state index is 0.143. The van der Waals surface area contributed by atoms with Gasteiger partial charge in [-0.2, -0.15) is 0 Å². The van der Waals surface area contributed by atoms with E-state index in [0.717, 1.165) is 0 Å². The van der Waals surface area contributed by atoms with Gasteiger partial charge in [-0.25, -0.2) is 9.59 Å². The quantitative estimate of drug-likeness (QED) is 0.831. The summed E-state index contributed by atoms with van der Waals surface area (Å²) in [5.74, 6) is -0.463. The van der Waals surface area contributed by atoms with Crippen molar-refractivity contribution in [3.8, 4) is 0 Å². The van der Waals surface area contributed by atoms with E-state index in [0.29, 0.717) is 0 Å². The summed E-state index contributed by atoms with van der Waals surface area (Å²) in [4.78, 5) is 22.1. The number of carbonyl (C=O) groups excluding carboxylic acids is 2. The molecule has 0 aliphatic heterocycles. The molecule has 0 aliphatic rings. The lowest BCUT2D eigenvalue weighted by Crippen LogP contribution is -2.44. The fraction of sp³-hybridized carbons (Fsp3) is 0.429. The summed E-state index contributed by atoms with van der Waals surface area (Å²) in [7, 11) is 0. The van der Waals surface area contributed by atoms with Gasteiger partial charge in [-0.15, -0.1) is 0 Å². The Morgan fingerprint density at radius 2 is 1.60 bits per heavy atom. The molecule has 1 rings (SSSR count). The smallest absolute Gasteiger partial charge is 0.404 e. The lowest BCUT2D eigenvalue weighted by atomic mass is 9.73. The van der Waals surface area contributed by atoms with Gasteiger partial charge in [0.25, 0.3) is 0 Å². The van der Waals surface area contributed by atoms with Gasteiger partial charge in [-0.3, -0.25) is 0 Å². The van der Waals surface area contributed by atoms with Crippen molar-refractivity contribution >= 4 is 12.2 Å². The van der Waals surface area contributed by atoms with Gasteiger partial charge in [0.2, 0.25) is 0 Å². The van der Waals surface area contributed by atoms with Gasteiger partial charge in [0.05, 0.1) is 12.3 Å². The third-order valence-electron chi connectivity index (χ3n) is 3.05. The summed E-state index contributed by atoms with van der Waals surface area (Å²) in [6.45, 7) is 2.41. The predicted molar refractivity (Wildman–Crippen MR) is 74.0 cm³/mol. The van der Waals surface area contributed by atoms with E-state index < -0.39 is 66.9 Å². The number of nitrogens with two attached hydrogens (primary N) is 2. The van der Waals surface area contributed by atoms with Crippen LogP contribution in [0.2, 0.25) is 0 Å². The van der Waals surface area contributed by atoms with E-state index in [1.807, 2.05) is 0 Å². The van der Waals surface area contributed by atoms with E-state index in [1.54, 1.807) is 13.8 Å². The second kappa shape index (κ2) is 6.79. The van der Waals surface area contributed by atoms with Crippen molar-refractivity contribution in [2.75, 3.05) is 13.2 Å². The third kappa shape index (κ3) is 3.88. The minimum Gasteiger partial charge on any atom is -0.449 e. The van der Waals surface area contributed by atoms with Crippen LogP contribution in [0.25, 0.3) is 0 Å². The number of hydrogen-bond donors (Lipinski definition) is 2. The maximum atomic E-state index is 11.1. The number of amides is 2. The van der Waals surface area contributed by atoms with Gasteiger partial charge in [-0.05, 0) is 11.5 Å². The zero-order valence-corrected chi connectivity index (χ0v) is 11.3. The maximum absolute atomic E-state index is 11.1. The van der Waals surface area contributed by atoms with Crippen molar-refractivity contribution in [2.24, 2.45) is 17.4 Å². The normalized spacial score (nSPS) is 14.7. The molecule has 4 N–H and O–H groups in total. The second-order valence-electron chi connectivity index (χ2n) is 4.53. The monoisotopic (exact) mass is 285 g/mol. The molecule has 6 heteroatoms. The molecule has 0 aliphatic carbocycles. The summed E-state index contributed by atoms with van der Waals surface area (Å²) in [6.07, 6.45) is -2.23. The molecule has 0 saturated heterocycles. The molecule has 0 heterocycles. The van der Waals surface area contributed by atoms with Gasteiger partial charge in [0.1, 0.15) is 13.2 Å². The molecule has 0 saturated carbocycles. The first-order valence-electron chi connectivity index (χ1n) is 8.37. The SMILES string of the molecule is [2H]c1c([2H])c([2H])c(C(COC(N)=O)(COC(N)=O)C(C)C)c([2H])c1[2H]. The van der Waals surface area contributed by atoms with Gasteiger partial charge in [0, 0.05) is 0 Å². The van der Waals surface area contributed by atoms with Crippen LogP contribution in [0.15, 0.2) is 30.2 Å². The number of carbonyl (C=O) groups is 2. The molecule has 0 fully saturated rings. The summed E-state index contributed by atoms with van der Waals surface area (Å²) in [5, 5.41) is 0. The number of ether oxygens (including phenoxy) is 2. The van der Waals surface area contributed by atoms with E-state index in [9.17, 15) is 9.59 Å². The standard InChI is InChI=1S/C14H20N2O4/c1-10(2)14(8-19-12(15)17,9-20-13(16)18)11-6-4-3-5-7-11/h3-7,10H,8-9H2,1-2H3,(H2,15,17)(H2,16,18)/i3D,4D,5D,6D,7D. The van der Waals surface area contributed by atoms with Crippen LogP contribution in [-0.4, -0.2) is 25.4 Å². The zero-order chi connectivity index (χ0) is 19.5. The lowest BCUT2D eigenvalue weighted by molar-refractivity contribution is 0.0518. The van der Waals surface area contributed by atoms with Gasteiger partial charge >= 0.3 is 12.2 Å². The molecule has 6 nitrogen and oxygen atoms in total. The predicted octanol–water partition coefficient (Wildman–Crippen LogP) is 1.77. The molecule has 0 aromatic heterocycles. The number of rotatable bonds is 6. The first kappa shape index (κ1) is 9.63. The minimum atomic E-state index is -1.43. The van der Waals surface area contributed by atoms with Crippen molar-refractivity contribution in [3.63, 3.8) is 0 Å². The molecule has 0 atom stereocenters. The third-order valence-corrected chi connectivity index (χ3v) is 3.05. The Hall–Kier alpha value is -2.24. The van der Waals surface area contributed by atoms with Crippen molar-refractivity contribution in [2.45, 2.75) is 19.3 Å². The van der Waals surface area contributed by atoms with E-state index in [-0.39, 0.29) is 5.56 Å². The molecule has 0 spiro atoms. The summed E-state index contributed by atoms with van der Waals surface area (Å²) < 4.78 is 49.3. The van der Waals surface area contributed by atoms with Crippen molar-refractivity contribution in [3.05, 3.63) is 35.8 Å². The van der Waals surface area contributed by atoms with Crippen LogP contribution in [0, 0.1) is 5.92 Å². The highest BCUT2D eigenvalue weighted by atomic mass is 16.6. The lowest BCUT2D eigenvalue weighted by Gasteiger charge is -2.36. The topological polar surface area (TPSA) is 105 Å². The fourth-order valence-electron chi connectivity index (χ4n) is 1.71. The van der Waals surface area contributed by atoms with Crippen molar-refractivity contribution in [1.82, 2.24) is 0 Å². The van der Waals surface area contributed by atoms with Gasteiger partial charge in [0.15, 0.2) is 0 Å². The Labute approximate surface area is 125 Å². The zero-order valence-electron chi connectivity index (χ0n) is 16.3. The fourth-order valence-corrected chi connectivity index (χ4v) is 1.71. The van der Waals surface area contributed by atoms with Crippen LogP contribution in [0.3, 0.4) is 0 Å². The number of primary amides is 2. The Morgan fingerprint density at radius 1 is 1.15 bits per heavy atom. The Balaban J connectivity index is 3.70. The molecular weight excluding hydrogens is 260 g/mol. The van der Waals surface area contributed by atoms with Crippen LogP contribution in [-0.2, 0) is 14.9 Å². The van der Waals surface area contributed by atoms with Crippen LogP contribution in [0.4, 0.5) is 9.59 Å². The molecule has 0 radical (unpaired) electrons. The molecular formula is C14H20N2O4. The first-order valence-corrected chi connectivity index (χ1v) is 5.87. The summed E-state index contributed by atoms with van der Waals surface area (Å²) in [5.41, 5.74) is 8.43. The highest BCUT2D eigenvalue weighted by molar-refractivity contribution is 5.65. The van der Waals surface area contributed by atoms with Gasteiger partial charge in [-0.1, -0.05) is 44.1 Å².